The molecule has 0 radical (unpaired) electrons. The minimum atomic E-state index is -0.803. The number of amides is 2. The highest BCUT2D eigenvalue weighted by Gasteiger charge is 2.12. The summed E-state index contributed by atoms with van der Waals surface area (Å²) in [6.07, 6.45) is 0.699. The van der Waals surface area contributed by atoms with Gasteiger partial charge in [-0.3, -0.25) is 4.79 Å². The highest BCUT2D eigenvalue weighted by atomic mass is 32.1. The molecule has 20 heavy (non-hydrogen) atoms. The Balaban J connectivity index is 2.27. The molecule has 5 nitrogen and oxygen atoms in total. The van der Waals surface area contributed by atoms with E-state index in [1.165, 1.54) is 4.88 Å². The second kappa shape index (κ2) is 7.89. The van der Waals surface area contributed by atoms with Crippen molar-refractivity contribution in [2.75, 3.05) is 6.54 Å². The van der Waals surface area contributed by atoms with Gasteiger partial charge in [0.25, 0.3) is 0 Å². The van der Waals surface area contributed by atoms with E-state index in [0.717, 1.165) is 4.88 Å². The second-order valence-corrected chi connectivity index (χ2v) is 6.38. The Morgan fingerprint density at radius 3 is 2.60 bits per heavy atom. The monoisotopic (exact) mass is 298 g/mol. The zero-order valence-corrected chi connectivity index (χ0v) is 12.9. The van der Waals surface area contributed by atoms with Gasteiger partial charge in [-0.1, -0.05) is 6.92 Å². The van der Waals surface area contributed by atoms with Gasteiger partial charge < -0.3 is 15.7 Å². The molecule has 112 valence electrons. The van der Waals surface area contributed by atoms with E-state index in [1.54, 1.807) is 11.3 Å². The number of nitrogens with one attached hydrogen (secondary N) is 2. The van der Waals surface area contributed by atoms with Gasteiger partial charge in [-0.05, 0) is 38.3 Å². The van der Waals surface area contributed by atoms with Crippen molar-refractivity contribution in [2.45, 2.75) is 39.7 Å². The Morgan fingerprint density at radius 1 is 1.35 bits per heavy atom. The molecule has 0 spiro atoms. The van der Waals surface area contributed by atoms with Gasteiger partial charge in [-0.2, -0.15) is 0 Å². The molecule has 0 fully saturated rings. The van der Waals surface area contributed by atoms with Crippen molar-refractivity contribution in [1.29, 1.82) is 0 Å². The summed E-state index contributed by atoms with van der Waals surface area (Å²) in [6.45, 7) is 6.38. The summed E-state index contributed by atoms with van der Waals surface area (Å²) in [5, 5.41) is 14.2. The lowest BCUT2D eigenvalue weighted by Gasteiger charge is -2.15. The Kier molecular flexibility index (Phi) is 6.51. The van der Waals surface area contributed by atoms with Crippen LogP contribution in [0.25, 0.3) is 0 Å². The fourth-order valence-electron chi connectivity index (χ4n) is 1.74. The molecule has 3 N–H and O–H groups in total. The quantitative estimate of drug-likeness (QED) is 0.724. The maximum Gasteiger partial charge on any atom is 0.315 e. The lowest BCUT2D eigenvalue weighted by molar-refractivity contribution is -0.137. The lowest BCUT2D eigenvalue weighted by atomic mass is 10.1. The van der Waals surface area contributed by atoms with Crippen LogP contribution in [-0.2, 0) is 4.79 Å². The summed E-state index contributed by atoms with van der Waals surface area (Å²) in [5.41, 5.74) is 0. The zero-order chi connectivity index (χ0) is 15.1. The summed E-state index contributed by atoms with van der Waals surface area (Å²) in [4.78, 5) is 24.5. The molecule has 2 atom stereocenters. The molecule has 2 amide bonds. The molecule has 0 bridgehead atoms. The number of carbonyl (C=O) groups is 2. The van der Waals surface area contributed by atoms with Crippen molar-refractivity contribution >= 4 is 23.3 Å². The molecule has 1 rings (SSSR count). The van der Waals surface area contributed by atoms with Crippen LogP contribution in [0.2, 0.25) is 0 Å². The van der Waals surface area contributed by atoms with Gasteiger partial charge in [0.2, 0.25) is 0 Å². The normalized spacial score (nSPS) is 13.6. The van der Waals surface area contributed by atoms with E-state index in [4.69, 9.17) is 5.11 Å². The molecule has 0 aromatic carbocycles. The topological polar surface area (TPSA) is 78.4 Å². The summed E-state index contributed by atoms with van der Waals surface area (Å²) in [6, 6.07) is 3.80. The summed E-state index contributed by atoms with van der Waals surface area (Å²) >= 11 is 1.67. The highest BCUT2D eigenvalue weighted by Crippen LogP contribution is 2.21. The van der Waals surface area contributed by atoms with E-state index >= 15 is 0 Å². The first-order chi connectivity index (χ1) is 9.38. The third-order valence-corrected chi connectivity index (χ3v) is 4.18. The van der Waals surface area contributed by atoms with Crippen LogP contribution in [0.1, 0.15) is 42.5 Å². The molecule has 1 heterocycles. The molecule has 1 aromatic heterocycles. The number of rotatable bonds is 7. The van der Waals surface area contributed by atoms with Gasteiger partial charge in [-0.25, -0.2) is 4.79 Å². The van der Waals surface area contributed by atoms with Crippen LogP contribution >= 0.6 is 11.3 Å². The van der Waals surface area contributed by atoms with E-state index in [-0.39, 0.29) is 24.4 Å². The first-order valence-electron chi connectivity index (χ1n) is 6.71. The number of hydrogen-bond donors (Lipinski definition) is 3. The second-order valence-electron chi connectivity index (χ2n) is 5.06. The van der Waals surface area contributed by atoms with E-state index < -0.39 is 5.97 Å². The van der Waals surface area contributed by atoms with E-state index in [1.807, 2.05) is 32.9 Å². The number of carboxylic acids is 1. The average molecular weight is 298 g/mol. The number of urea groups is 1. The van der Waals surface area contributed by atoms with Gasteiger partial charge in [-0.15, -0.1) is 11.3 Å². The predicted molar refractivity (Wildman–Crippen MR) is 80.0 cm³/mol. The van der Waals surface area contributed by atoms with Crippen LogP contribution in [0.5, 0.6) is 0 Å². The van der Waals surface area contributed by atoms with E-state index in [0.29, 0.717) is 13.0 Å². The van der Waals surface area contributed by atoms with Crippen molar-refractivity contribution in [2.24, 2.45) is 5.92 Å². The van der Waals surface area contributed by atoms with Crippen LogP contribution in [0.15, 0.2) is 12.1 Å². The van der Waals surface area contributed by atoms with Crippen molar-refractivity contribution in [3.8, 4) is 0 Å². The lowest BCUT2D eigenvalue weighted by Crippen LogP contribution is -2.39. The largest absolute Gasteiger partial charge is 0.481 e. The Hall–Kier alpha value is -1.56. The molecule has 0 aliphatic rings. The molecular weight excluding hydrogens is 276 g/mol. The molecule has 0 saturated carbocycles. The summed E-state index contributed by atoms with van der Waals surface area (Å²) < 4.78 is 0. The summed E-state index contributed by atoms with van der Waals surface area (Å²) in [7, 11) is 0. The maximum atomic E-state index is 11.7. The third-order valence-electron chi connectivity index (χ3n) is 3.00. The molecule has 0 aliphatic heterocycles. The zero-order valence-electron chi connectivity index (χ0n) is 12.1. The van der Waals surface area contributed by atoms with Gasteiger partial charge >= 0.3 is 12.0 Å². The third kappa shape index (κ3) is 6.06. The minimum absolute atomic E-state index is 0.0250. The Labute approximate surface area is 123 Å². The maximum absolute atomic E-state index is 11.7. The first-order valence-corrected chi connectivity index (χ1v) is 7.52. The minimum Gasteiger partial charge on any atom is -0.481 e. The molecular formula is C14H22N2O3S. The van der Waals surface area contributed by atoms with Crippen molar-refractivity contribution in [3.05, 3.63) is 21.9 Å². The van der Waals surface area contributed by atoms with Gasteiger partial charge in [0.1, 0.15) is 0 Å². The standard InChI is InChI=1S/C14H22N2O3S/c1-9(4-7-13(17)18)8-15-14(19)16-11(3)12-6-5-10(2)20-12/h5-6,9,11H,4,7-8H2,1-3H3,(H,17,18)(H2,15,16,19). The number of hydrogen-bond acceptors (Lipinski definition) is 3. The van der Waals surface area contributed by atoms with Gasteiger partial charge in [0.05, 0.1) is 6.04 Å². The van der Waals surface area contributed by atoms with Crippen LogP contribution in [0, 0.1) is 12.8 Å². The molecule has 0 aliphatic carbocycles. The van der Waals surface area contributed by atoms with Crippen molar-refractivity contribution in [3.63, 3.8) is 0 Å². The fourth-order valence-corrected chi connectivity index (χ4v) is 2.62. The van der Waals surface area contributed by atoms with E-state index in [9.17, 15) is 9.59 Å². The molecule has 6 heteroatoms. The number of aryl methyl sites for hydroxylation is 1. The molecule has 0 saturated heterocycles. The fraction of sp³-hybridized carbons (Fsp3) is 0.571. The Morgan fingerprint density at radius 2 is 2.05 bits per heavy atom. The average Bonchev–Trinajstić information content (AvgIpc) is 2.80. The van der Waals surface area contributed by atoms with Crippen LogP contribution in [-0.4, -0.2) is 23.7 Å². The predicted octanol–water partition coefficient (Wildman–Crippen LogP) is 2.92. The number of thiophene rings is 1. The number of carbonyl (C=O) groups excluding carboxylic acids is 1. The van der Waals surface area contributed by atoms with Crippen LogP contribution in [0.3, 0.4) is 0 Å². The number of carboxylic acid groups (broad SMARTS) is 1. The first kappa shape index (κ1) is 16.5. The van der Waals surface area contributed by atoms with E-state index in [2.05, 4.69) is 10.6 Å². The van der Waals surface area contributed by atoms with Gasteiger partial charge in [0, 0.05) is 22.7 Å². The van der Waals surface area contributed by atoms with Crippen LogP contribution < -0.4 is 10.6 Å². The van der Waals surface area contributed by atoms with Crippen molar-refractivity contribution < 1.29 is 14.7 Å². The van der Waals surface area contributed by atoms with Gasteiger partial charge in [0.15, 0.2) is 0 Å². The van der Waals surface area contributed by atoms with Crippen molar-refractivity contribution in [1.82, 2.24) is 10.6 Å². The summed E-state index contributed by atoms with van der Waals surface area (Å²) in [5.74, 6) is -0.654. The Bertz CT molecular complexity index is 459. The van der Waals surface area contributed by atoms with Crippen LogP contribution in [0.4, 0.5) is 4.79 Å². The molecule has 2 unspecified atom stereocenters. The smallest absolute Gasteiger partial charge is 0.315 e. The SMILES string of the molecule is Cc1ccc(C(C)NC(=O)NCC(C)CCC(=O)O)s1. The highest BCUT2D eigenvalue weighted by molar-refractivity contribution is 7.12. The molecule has 1 aromatic rings. The number of aliphatic carboxylic acids is 1.